The predicted octanol–water partition coefficient (Wildman–Crippen LogP) is 8.86. The van der Waals surface area contributed by atoms with Gasteiger partial charge in [0, 0.05) is 114 Å². The Morgan fingerprint density at radius 3 is 0.940 bits per heavy atom. The van der Waals surface area contributed by atoms with Gasteiger partial charge < -0.3 is 46.1 Å². The standard InChI is InChI=1S/C22H22N2O5.C21H20N2O5.C16H19NO3.C9H6O2.C7H15NO2.BH.U/c1-4-29-22(26)20(15(2)3)23-21(25)18-11-7-16(8-12-18)5-6-17-9-13-19(14-10-17)24(27)28;1-14(2)20(19(25)13-24)22-21(26)17-9-5-15(6-10-17)3-4-16-7-11-18(12-8-16)23(27)28;1-5-12-7-9-13(10-8-12)15(18)17-14(11(3)4)16(19)20-6-2;1-2-7-3-5-8(6-4-7)9(10)11;1-4-10-7(9)6(8)5(2)3;;/h7-15,20H,4H2,1-3H3,(H,23,25);5-12,14,20,24H,13H2,1-2H3,(H,22,26);1,7-11,14H,6H2,2-4H3,(H,17,18);1,3-6H,(H,10,11);5-6H,4,8H2,1-3H3;1H;/t2*20-;14-;;6-;;/m000.0../s1/i;;;;;1T;. The molecule has 0 saturated heterocycles. The average Bonchev–Trinajstić information content (AvgIpc) is 0.881. The molecular weight excluding hydrogens is 1510 g/mol. The molecule has 2 radical (unpaired) electrons. The molecule has 6 aromatic rings. The molecule has 25 heteroatoms. The zero-order chi connectivity index (χ0) is 75.6. The zero-order valence-corrected chi connectivity index (χ0v) is 61.7. The molecule has 0 spiro atoms. The minimum Gasteiger partial charge on any atom is -0.478 e. The van der Waals surface area contributed by atoms with Crippen LogP contribution in [0.5, 0.6) is 0 Å². The molecule has 0 unspecified atom stereocenters. The summed E-state index contributed by atoms with van der Waals surface area (Å²) in [4.78, 5) is 114. The molecule has 3 amide bonds. The van der Waals surface area contributed by atoms with Crippen LogP contribution in [-0.2, 0) is 33.4 Å². The largest absolute Gasteiger partial charge is 0.478 e. The summed E-state index contributed by atoms with van der Waals surface area (Å²) in [5, 5.41) is 46.9. The molecule has 4 atom stereocenters. The van der Waals surface area contributed by atoms with E-state index in [1.54, 1.807) is 144 Å². The molecule has 23 nitrogen and oxygen atoms in total. The number of esters is 3. The van der Waals surface area contributed by atoms with E-state index >= 15 is 0 Å². The van der Waals surface area contributed by atoms with Crippen LogP contribution in [0.4, 0.5) is 11.4 Å². The molecule has 0 aliphatic carbocycles. The number of nitrogens with two attached hydrogens (primary N) is 1. The second kappa shape index (κ2) is 47.3. The number of benzene rings is 6. The summed E-state index contributed by atoms with van der Waals surface area (Å²) >= 11 is 0. The number of carboxylic acid groups (broad SMARTS) is 1. The molecule has 0 bridgehead atoms. The van der Waals surface area contributed by atoms with Crippen molar-refractivity contribution in [2.75, 3.05) is 26.4 Å². The van der Waals surface area contributed by atoms with Crippen molar-refractivity contribution in [2.45, 2.75) is 100 Å². The smallest absolute Gasteiger partial charge is 0.335 e. The minimum absolute atomic E-state index is 0. The van der Waals surface area contributed by atoms with E-state index in [1.165, 1.54) is 36.4 Å². The van der Waals surface area contributed by atoms with Crippen molar-refractivity contribution < 1.29 is 104 Å². The first-order valence-electron chi connectivity index (χ1n) is 31.4. The van der Waals surface area contributed by atoms with Gasteiger partial charge in [0.1, 0.15) is 24.7 Å². The third-order valence-corrected chi connectivity index (χ3v) is 13.5. The van der Waals surface area contributed by atoms with E-state index in [2.05, 4.69) is 59.8 Å². The van der Waals surface area contributed by atoms with Crippen molar-refractivity contribution in [3.8, 4) is 48.4 Å². The number of hydrogen-bond acceptors (Lipinski definition) is 17. The number of ketones is 1. The maximum atomic E-state index is 12.4. The topological polar surface area (TPSA) is 353 Å². The van der Waals surface area contributed by atoms with Gasteiger partial charge in [-0.05, 0) is 167 Å². The van der Waals surface area contributed by atoms with Crippen LogP contribution in [0.15, 0.2) is 146 Å². The Labute approximate surface area is 610 Å². The summed E-state index contributed by atoms with van der Waals surface area (Å²) in [7, 11) is 3.75. The Balaban J connectivity index is 0.00000129. The van der Waals surface area contributed by atoms with Crippen molar-refractivity contribution in [3.05, 3.63) is 221 Å². The Hall–Kier alpha value is -10.6. The second-order valence-electron chi connectivity index (χ2n) is 22.2. The quantitative estimate of drug-likeness (QED) is 0.00978. The molecule has 6 rings (SSSR count). The first-order valence-corrected chi connectivity index (χ1v) is 30.9. The Morgan fingerprint density at radius 1 is 0.460 bits per heavy atom. The molecule has 0 saturated carbocycles. The zero-order valence-electron chi connectivity index (χ0n) is 58.5. The van der Waals surface area contributed by atoms with Gasteiger partial charge in [0.2, 0.25) is 0 Å². The number of nitrogens with zero attached hydrogens (tertiary/aromatic N) is 2. The van der Waals surface area contributed by atoms with Gasteiger partial charge in [-0.25, -0.2) is 14.4 Å². The minimum atomic E-state index is -0.937. The van der Waals surface area contributed by atoms with Gasteiger partial charge in [0.25, 0.3) is 29.1 Å². The number of amides is 3. The third-order valence-electron chi connectivity index (χ3n) is 13.5. The number of hydrogen-bond donors (Lipinski definition) is 6. The van der Waals surface area contributed by atoms with E-state index in [9.17, 15) is 58.6 Å². The fourth-order valence-electron chi connectivity index (χ4n) is 7.82. The van der Waals surface area contributed by atoms with Crippen molar-refractivity contribution in [1.29, 1.82) is 1.34 Å². The van der Waals surface area contributed by atoms with E-state index in [4.69, 9.17) is 44.3 Å². The molecule has 6 aromatic carbocycles. The van der Waals surface area contributed by atoms with Crippen LogP contribution in [0.1, 0.15) is 151 Å². The number of aromatic carboxylic acids is 1. The molecular formula is C75H83BN6O17U. The van der Waals surface area contributed by atoms with Crippen molar-refractivity contribution in [1.82, 2.24) is 16.0 Å². The Kier molecular flexibility index (Phi) is 41.4. The number of non-ortho nitro benzene ring substituents is 2. The molecule has 522 valence electrons. The third kappa shape index (κ3) is 32.1. The van der Waals surface area contributed by atoms with E-state index in [-0.39, 0.29) is 103 Å². The molecule has 0 fully saturated rings. The SMILES string of the molecule is C#Cc1ccc(C(=O)N[C@H](C(=O)OCC)C(C)C)cc1.C#Cc1ccc(C(=O)O)cc1.CC(C)[C@H](NC(=O)c1ccc(C#Cc2ccc([N+](=O)[O-])cc2)cc1)C(=O)CO.CCOC(=O)[C@@H](N)C(C)C.CCOC(=O)[C@@H](NC(=O)c1ccc(C#Cc2ccc([N+](=O)[O-])cc2)cc1)C(C)C.[3H][B].[U]. The van der Waals surface area contributed by atoms with Crippen molar-refractivity contribution in [2.24, 2.45) is 29.4 Å². The Morgan fingerprint density at radius 2 is 0.710 bits per heavy atom. The molecule has 7 N–H and O–H groups in total. The van der Waals surface area contributed by atoms with Crippen LogP contribution in [0.25, 0.3) is 0 Å². The number of carbonyl (C=O) groups is 8. The second-order valence-corrected chi connectivity index (χ2v) is 22.2. The number of Topliss-reactive ketones (excluding diaryl/α,β-unsaturated/α-hetero) is 1. The number of nitro benzene ring substituents is 2. The summed E-state index contributed by atoms with van der Waals surface area (Å²) in [5.41, 5.74) is 11.0. The molecule has 0 aliphatic rings. The van der Waals surface area contributed by atoms with Gasteiger partial charge in [-0.1, -0.05) is 90.9 Å². The monoisotopic (exact) mass is 1590 g/mol. The number of ether oxygens (including phenoxy) is 3. The summed E-state index contributed by atoms with van der Waals surface area (Å²) < 4.78 is 19.9. The number of carbonyl (C=O) groups excluding carboxylic acids is 7. The van der Waals surface area contributed by atoms with E-state index < -0.39 is 70.2 Å². The number of aliphatic hydroxyl groups is 1. The number of nitro groups is 2. The predicted molar refractivity (Wildman–Crippen MR) is 377 cm³/mol. The number of nitrogens with one attached hydrogen (secondary N) is 3. The van der Waals surface area contributed by atoms with Crippen LogP contribution in [-0.4, -0.2) is 128 Å². The number of carboxylic acids is 1. The van der Waals surface area contributed by atoms with Crippen LogP contribution in [0.3, 0.4) is 0 Å². The number of aliphatic hydroxyl groups excluding tert-OH is 1. The molecule has 0 aliphatic heterocycles. The van der Waals surface area contributed by atoms with Crippen LogP contribution < -0.4 is 21.7 Å². The van der Waals surface area contributed by atoms with Crippen molar-refractivity contribution >= 4 is 67.1 Å². The van der Waals surface area contributed by atoms with Gasteiger partial charge in [0.15, 0.2) is 5.78 Å². The first kappa shape index (κ1) is 87.4. The average molecular weight is 1590 g/mol. The normalized spacial score (nSPS) is 11.1. The first-order chi connectivity index (χ1) is 47.4. The van der Waals surface area contributed by atoms with Crippen LogP contribution in [0, 0.1) is 123 Å². The number of terminal acetylenes is 2. The molecule has 100 heavy (non-hydrogen) atoms. The van der Waals surface area contributed by atoms with E-state index in [0.717, 1.165) is 0 Å². The van der Waals surface area contributed by atoms with Gasteiger partial charge in [-0.3, -0.25) is 44.2 Å². The van der Waals surface area contributed by atoms with Crippen molar-refractivity contribution in [3.63, 3.8) is 0 Å². The summed E-state index contributed by atoms with van der Waals surface area (Å²) in [5.74, 6) is 12.8. The molecule has 0 aromatic heterocycles. The maximum absolute atomic E-state index is 12.4. The number of rotatable bonds is 21. The van der Waals surface area contributed by atoms with Gasteiger partial charge >= 0.3 is 23.9 Å². The van der Waals surface area contributed by atoms with E-state index in [0.29, 0.717) is 56.7 Å². The maximum Gasteiger partial charge on any atom is 0.335 e. The van der Waals surface area contributed by atoms with E-state index in [1.807, 2.05) is 41.5 Å². The Bertz CT molecular complexity index is 3890. The van der Waals surface area contributed by atoms with Gasteiger partial charge in [0.05, 0.1) is 41.3 Å². The van der Waals surface area contributed by atoms with Gasteiger partial charge in [-0.2, -0.15) is 0 Å². The summed E-state index contributed by atoms with van der Waals surface area (Å²) in [6.07, 6.45) is 10.3. The van der Waals surface area contributed by atoms with Crippen LogP contribution >= 0.6 is 0 Å². The fourth-order valence-corrected chi connectivity index (χ4v) is 7.82. The fraction of sp³-hybridized carbons (Fsp3) is 0.307. The van der Waals surface area contributed by atoms with Crippen LogP contribution in [0.2, 0.25) is 0 Å². The molecule has 0 heterocycles. The summed E-state index contributed by atoms with van der Waals surface area (Å²) in [6.45, 7) is 20.3. The van der Waals surface area contributed by atoms with Gasteiger partial charge in [-0.15, -0.1) is 12.8 Å². The summed E-state index contributed by atoms with van der Waals surface area (Å²) in [6, 6.07) is 35.2.